The summed E-state index contributed by atoms with van der Waals surface area (Å²) in [4.78, 5) is 15.7. The summed E-state index contributed by atoms with van der Waals surface area (Å²) in [5.41, 5.74) is 0.836. The van der Waals surface area contributed by atoms with Crippen molar-refractivity contribution in [1.82, 2.24) is 4.98 Å². The van der Waals surface area contributed by atoms with Gasteiger partial charge in [0.15, 0.2) is 0 Å². The Kier molecular flexibility index (Phi) is 5.18. The van der Waals surface area contributed by atoms with E-state index < -0.39 is 18.5 Å². The number of ether oxygens (including phenoxy) is 1. The van der Waals surface area contributed by atoms with E-state index in [1.165, 1.54) is 6.07 Å². The Morgan fingerprint density at radius 3 is 2.71 bits per heavy atom. The first-order valence-electron chi connectivity index (χ1n) is 5.11. The first-order chi connectivity index (χ1) is 8.01. The van der Waals surface area contributed by atoms with E-state index in [4.69, 9.17) is 27.9 Å². The Bertz CT molecular complexity index is 423. The molecule has 0 aliphatic carbocycles. The van der Waals surface area contributed by atoms with Crippen molar-refractivity contribution in [2.75, 3.05) is 13.2 Å². The molecule has 0 aromatic carbocycles. The standard InChI is InChI=1S/C11H13Cl2NO3/c1-3-17-11(16)7(5-15)10-9(13)4-8(12)6(2)14-10/h4,7,15H,3,5H2,1-2H3. The molecular weight excluding hydrogens is 265 g/mol. The smallest absolute Gasteiger partial charge is 0.317 e. The normalized spacial score (nSPS) is 12.3. The number of hydrogen-bond donors (Lipinski definition) is 1. The number of carbonyl (C=O) groups excluding carboxylic acids is 1. The van der Waals surface area contributed by atoms with Crippen molar-refractivity contribution in [3.05, 3.63) is 27.5 Å². The molecule has 17 heavy (non-hydrogen) atoms. The summed E-state index contributed by atoms with van der Waals surface area (Å²) in [6.45, 7) is 3.21. The molecule has 0 bridgehead atoms. The first-order valence-corrected chi connectivity index (χ1v) is 5.86. The van der Waals surface area contributed by atoms with Crippen LogP contribution in [0.5, 0.6) is 0 Å². The third-order valence-corrected chi connectivity index (χ3v) is 2.90. The molecular formula is C11H13Cl2NO3. The van der Waals surface area contributed by atoms with Gasteiger partial charge in [-0.3, -0.25) is 9.78 Å². The molecule has 94 valence electrons. The van der Waals surface area contributed by atoms with Crippen LogP contribution < -0.4 is 0 Å². The predicted molar refractivity (Wildman–Crippen MR) is 65.5 cm³/mol. The minimum atomic E-state index is -0.876. The number of aliphatic hydroxyl groups is 1. The number of nitrogens with zero attached hydrogens (tertiary/aromatic N) is 1. The van der Waals surface area contributed by atoms with Crippen LogP contribution in [0, 0.1) is 6.92 Å². The van der Waals surface area contributed by atoms with E-state index in [2.05, 4.69) is 4.98 Å². The first kappa shape index (κ1) is 14.2. The molecule has 0 aliphatic rings. The lowest BCUT2D eigenvalue weighted by atomic mass is 10.1. The van der Waals surface area contributed by atoms with Crippen LogP contribution in [-0.4, -0.2) is 29.3 Å². The topological polar surface area (TPSA) is 59.4 Å². The number of esters is 1. The Balaban J connectivity index is 3.12. The number of rotatable bonds is 4. The van der Waals surface area contributed by atoms with Crippen LogP contribution in [0.1, 0.15) is 24.2 Å². The maximum Gasteiger partial charge on any atom is 0.317 e. The summed E-state index contributed by atoms with van der Waals surface area (Å²) in [7, 11) is 0. The highest BCUT2D eigenvalue weighted by Crippen LogP contribution is 2.28. The highest BCUT2D eigenvalue weighted by Gasteiger charge is 2.25. The molecule has 1 atom stereocenters. The lowest BCUT2D eigenvalue weighted by Gasteiger charge is -2.14. The fourth-order valence-electron chi connectivity index (χ4n) is 1.34. The molecule has 0 aliphatic heterocycles. The van der Waals surface area contributed by atoms with E-state index in [1.54, 1.807) is 13.8 Å². The van der Waals surface area contributed by atoms with Crippen LogP contribution in [0.2, 0.25) is 10.0 Å². The van der Waals surface area contributed by atoms with Crippen LogP contribution in [0.3, 0.4) is 0 Å². The lowest BCUT2D eigenvalue weighted by Crippen LogP contribution is -2.21. The third-order valence-electron chi connectivity index (χ3n) is 2.22. The van der Waals surface area contributed by atoms with Gasteiger partial charge >= 0.3 is 5.97 Å². The second-order valence-electron chi connectivity index (χ2n) is 3.41. The number of aliphatic hydroxyl groups excluding tert-OH is 1. The summed E-state index contributed by atoms with van der Waals surface area (Å²) in [5, 5.41) is 9.89. The van der Waals surface area contributed by atoms with Crippen LogP contribution in [0.25, 0.3) is 0 Å². The summed E-state index contributed by atoms with van der Waals surface area (Å²) in [6.07, 6.45) is 0. The van der Waals surface area contributed by atoms with Crippen molar-refractivity contribution in [3.63, 3.8) is 0 Å². The summed E-state index contributed by atoms with van der Waals surface area (Å²) in [6, 6.07) is 1.50. The number of aryl methyl sites for hydroxylation is 1. The molecule has 1 aromatic rings. The van der Waals surface area contributed by atoms with Crippen LogP contribution in [0.15, 0.2) is 6.07 Å². The van der Waals surface area contributed by atoms with Crippen molar-refractivity contribution in [2.45, 2.75) is 19.8 Å². The highest BCUT2D eigenvalue weighted by atomic mass is 35.5. The van der Waals surface area contributed by atoms with E-state index in [0.29, 0.717) is 10.7 Å². The number of pyridine rings is 1. The van der Waals surface area contributed by atoms with Gasteiger partial charge in [-0.2, -0.15) is 0 Å². The average molecular weight is 278 g/mol. The van der Waals surface area contributed by atoms with Gasteiger partial charge in [0.1, 0.15) is 5.92 Å². The van der Waals surface area contributed by atoms with Crippen molar-refractivity contribution in [3.8, 4) is 0 Å². The Morgan fingerprint density at radius 1 is 1.53 bits per heavy atom. The van der Waals surface area contributed by atoms with Crippen molar-refractivity contribution >= 4 is 29.2 Å². The third kappa shape index (κ3) is 3.31. The molecule has 6 heteroatoms. The predicted octanol–water partition coefficient (Wildman–Crippen LogP) is 2.34. The van der Waals surface area contributed by atoms with Gasteiger partial charge in [-0.1, -0.05) is 23.2 Å². The fourth-order valence-corrected chi connectivity index (χ4v) is 1.83. The molecule has 0 spiro atoms. The van der Waals surface area contributed by atoms with Gasteiger partial charge in [0.2, 0.25) is 0 Å². The summed E-state index contributed by atoms with van der Waals surface area (Å²) in [5.74, 6) is -1.43. The zero-order chi connectivity index (χ0) is 13.0. The number of halogens is 2. The van der Waals surface area contributed by atoms with E-state index in [-0.39, 0.29) is 17.3 Å². The van der Waals surface area contributed by atoms with Crippen molar-refractivity contribution in [1.29, 1.82) is 0 Å². The molecule has 0 radical (unpaired) electrons. The van der Waals surface area contributed by atoms with E-state index in [9.17, 15) is 9.90 Å². The second-order valence-corrected chi connectivity index (χ2v) is 4.22. The SMILES string of the molecule is CCOC(=O)C(CO)c1nc(C)c(Cl)cc1Cl. The molecule has 1 N–H and O–H groups in total. The quantitative estimate of drug-likeness (QED) is 0.859. The van der Waals surface area contributed by atoms with Crippen LogP contribution >= 0.6 is 23.2 Å². The maximum atomic E-state index is 11.6. The number of hydrogen-bond acceptors (Lipinski definition) is 4. The molecule has 4 nitrogen and oxygen atoms in total. The molecule has 0 saturated heterocycles. The lowest BCUT2D eigenvalue weighted by molar-refractivity contribution is -0.146. The molecule has 0 amide bonds. The second kappa shape index (κ2) is 6.19. The van der Waals surface area contributed by atoms with Gasteiger partial charge in [0.25, 0.3) is 0 Å². The minimum absolute atomic E-state index is 0.236. The Hall–Kier alpha value is -0.840. The molecule has 1 unspecified atom stereocenters. The fraction of sp³-hybridized carbons (Fsp3) is 0.455. The Morgan fingerprint density at radius 2 is 2.18 bits per heavy atom. The van der Waals surface area contributed by atoms with E-state index >= 15 is 0 Å². The van der Waals surface area contributed by atoms with Crippen LogP contribution in [0.4, 0.5) is 0 Å². The molecule has 1 aromatic heterocycles. The van der Waals surface area contributed by atoms with Gasteiger partial charge in [-0.15, -0.1) is 0 Å². The largest absolute Gasteiger partial charge is 0.465 e. The van der Waals surface area contributed by atoms with Gasteiger partial charge in [-0.25, -0.2) is 0 Å². The van der Waals surface area contributed by atoms with E-state index in [1.807, 2.05) is 0 Å². The van der Waals surface area contributed by atoms with Gasteiger partial charge < -0.3 is 9.84 Å². The van der Waals surface area contributed by atoms with Gasteiger partial charge in [0, 0.05) is 0 Å². The number of carbonyl (C=O) groups is 1. The minimum Gasteiger partial charge on any atom is -0.465 e. The molecule has 1 heterocycles. The van der Waals surface area contributed by atoms with Crippen LogP contribution in [-0.2, 0) is 9.53 Å². The monoisotopic (exact) mass is 277 g/mol. The molecule has 1 rings (SSSR count). The van der Waals surface area contributed by atoms with Gasteiger partial charge in [0.05, 0.1) is 34.6 Å². The summed E-state index contributed by atoms with van der Waals surface area (Å²) < 4.78 is 4.84. The zero-order valence-electron chi connectivity index (χ0n) is 9.54. The highest BCUT2D eigenvalue weighted by molar-refractivity contribution is 6.35. The molecule has 0 saturated carbocycles. The zero-order valence-corrected chi connectivity index (χ0v) is 11.0. The van der Waals surface area contributed by atoms with Crippen molar-refractivity contribution in [2.24, 2.45) is 0 Å². The number of aromatic nitrogens is 1. The summed E-state index contributed by atoms with van der Waals surface area (Å²) >= 11 is 11.8. The Labute approximate surface area is 110 Å². The van der Waals surface area contributed by atoms with Crippen molar-refractivity contribution < 1.29 is 14.6 Å². The van der Waals surface area contributed by atoms with Gasteiger partial charge in [-0.05, 0) is 19.9 Å². The molecule has 0 fully saturated rings. The average Bonchev–Trinajstić information content (AvgIpc) is 2.26. The maximum absolute atomic E-state index is 11.6. The van der Waals surface area contributed by atoms with E-state index in [0.717, 1.165) is 0 Å².